The molecule has 116 valence electrons. The van der Waals surface area contributed by atoms with Crippen LogP contribution in [0.2, 0.25) is 0 Å². The largest absolute Gasteiger partial charge is 0.290 e. The molecule has 0 aliphatic heterocycles. The Balaban J connectivity index is 1.93. The summed E-state index contributed by atoms with van der Waals surface area (Å²) in [4.78, 5) is 11.1. The molecule has 3 aromatic rings. The Hall–Kier alpha value is -2.52. The van der Waals surface area contributed by atoms with Gasteiger partial charge in [0.05, 0.1) is 11.7 Å². The lowest BCUT2D eigenvalue weighted by atomic mass is 10.00. The fraction of sp³-hybridized carbons (Fsp3) is 0.200. The van der Waals surface area contributed by atoms with Gasteiger partial charge in [-0.3, -0.25) is 14.9 Å². The molecule has 2 heterocycles. The first-order valence-corrected chi connectivity index (χ1v) is 7.80. The van der Waals surface area contributed by atoms with Crippen molar-refractivity contribution in [3.8, 4) is 0 Å². The van der Waals surface area contributed by atoms with Crippen molar-refractivity contribution in [3.63, 3.8) is 0 Å². The molecule has 2 aromatic heterocycles. The Morgan fingerprint density at radius 3 is 2.43 bits per heavy atom. The van der Waals surface area contributed by atoms with Gasteiger partial charge in [0.2, 0.25) is 0 Å². The molecule has 0 aliphatic carbocycles. The predicted molar refractivity (Wildman–Crippen MR) is 93.0 cm³/mol. The Morgan fingerprint density at radius 2 is 1.78 bits per heavy atom. The van der Waals surface area contributed by atoms with Crippen molar-refractivity contribution in [3.05, 3.63) is 95.6 Å². The van der Waals surface area contributed by atoms with Gasteiger partial charge in [0.15, 0.2) is 0 Å². The number of pyridine rings is 2. The van der Waals surface area contributed by atoms with Crippen molar-refractivity contribution < 1.29 is 0 Å². The minimum absolute atomic E-state index is 0.122. The fourth-order valence-electron chi connectivity index (χ4n) is 2.81. The molecule has 0 aliphatic rings. The van der Waals surface area contributed by atoms with Gasteiger partial charge in [-0.15, -0.1) is 0 Å². The van der Waals surface area contributed by atoms with Crippen LogP contribution in [0, 0.1) is 6.92 Å². The number of aromatic nitrogens is 2. The van der Waals surface area contributed by atoms with Gasteiger partial charge in [-0.25, -0.2) is 0 Å². The average molecular weight is 303 g/mol. The Kier molecular flexibility index (Phi) is 4.79. The van der Waals surface area contributed by atoms with Crippen molar-refractivity contribution in [2.45, 2.75) is 19.5 Å². The van der Waals surface area contributed by atoms with Crippen molar-refractivity contribution in [2.24, 2.45) is 0 Å². The van der Waals surface area contributed by atoms with Crippen molar-refractivity contribution in [1.29, 1.82) is 0 Å². The molecule has 3 rings (SSSR count). The maximum atomic E-state index is 4.58. The molecule has 1 unspecified atom stereocenters. The molecule has 0 saturated heterocycles. The standard InChI is InChI=1S/C20H21N3/c1-16-8-10-18(11-9-16)20(19-7-3-4-13-22-19)23(2)15-17-6-5-12-21-14-17/h3-14,20H,15H2,1-2H3. The number of hydrogen-bond donors (Lipinski definition) is 0. The number of nitrogens with zero attached hydrogens (tertiary/aromatic N) is 3. The summed E-state index contributed by atoms with van der Waals surface area (Å²) in [5, 5.41) is 0. The maximum absolute atomic E-state index is 4.58. The van der Waals surface area contributed by atoms with Crippen molar-refractivity contribution >= 4 is 0 Å². The lowest BCUT2D eigenvalue weighted by molar-refractivity contribution is 0.266. The molecule has 3 nitrogen and oxygen atoms in total. The number of benzene rings is 1. The van der Waals surface area contributed by atoms with E-state index < -0.39 is 0 Å². The van der Waals surface area contributed by atoms with Gasteiger partial charge in [0.25, 0.3) is 0 Å². The fourth-order valence-corrected chi connectivity index (χ4v) is 2.81. The lowest BCUT2D eigenvalue weighted by Crippen LogP contribution is -2.26. The summed E-state index contributed by atoms with van der Waals surface area (Å²) in [6.07, 6.45) is 5.58. The maximum Gasteiger partial charge on any atom is 0.0776 e. The van der Waals surface area contributed by atoms with Gasteiger partial charge in [-0.1, -0.05) is 42.0 Å². The summed E-state index contributed by atoms with van der Waals surface area (Å²) < 4.78 is 0. The van der Waals surface area contributed by atoms with Crippen molar-refractivity contribution in [2.75, 3.05) is 7.05 Å². The van der Waals surface area contributed by atoms with E-state index in [9.17, 15) is 0 Å². The summed E-state index contributed by atoms with van der Waals surface area (Å²) in [5.74, 6) is 0. The van der Waals surface area contributed by atoms with E-state index in [2.05, 4.69) is 65.2 Å². The van der Waals surface area contributed by atoms with E-state index in [0.717, 1.165) is 12.2 Å². The zero-order chi connectivity index (χ0) is 16.1. The minimum Gasteiger partial charge on any atom is -0.290 e. The first-order valence-electron chi connectivity index (χ1n) is 7.80. The second kappa shape index (κ2) is 7.16. The smallest absolute Gasteiger partial charge is 0.0776 e. The molecule has 23 heavy (non-hydrogen) atoms. The molecule has 3 heteroatoms. The SMILES string of the molecule is Cc1ccc(C(c2ccccn2)N(C)Cc2cccnc2)cc1. The molecule has 0 radical (unpaired) electrons. The Morgan fingerprint density at radius 1 is 0.957 bits per heavy atom. The molecule has 0 fully saturated rings. The monoisotopic (exact) mass is 303 g/mol. The van der Waals surface area contributed by atoms with Gasteiger partial charge < -0.3 is 0 Å². The molecule has 0 amide bonds. The van der Waals surface area contributed by atoms with E-state index in [4.69, 9.17) is 0 Å². The topological polar surface area (TPSA) is 29.0 Å². The summed E-state index contributed by atoms with van der Waals surface area (Å²) in [5.41, 5.74) is 4.77. The van der Waals surface area contributed by atoms with Crippen LogP contribution in [-0.2, 0) is 6.54 Å². The van der Waals surface area contributed by atoms with Crippen LogP contribution in [0.3, 0.4) is 0 Å². The van der Waals surface area contributed by atoms with Gasteiger partial charge >= 0.3 is 0 Å². The minimum atomic E-state index is 0.122. The first-order chi connectivity index (χ1) is 11.2. The summed E-state index contributed by atoms with van der Waals surface area (Å²) in [6.45, 7) is 2.93. The highest BCUT2D eigenvalue weighted by atomic mass is 15.1. The molecule has 1 aromatic carbocycles. The van der Waals surface area contributed by atoms with Crippen LogP contribution in [-0.4, -0.2) is 21.9 Å². The Labute approximate surface area is 137 Å². The van der Waals surface area contributed by atoms with Crippen LogP contribution in [0.5, 0.6) is 0 Å². The second-order valence-electron chi connectivity index (χ2n) is 5.84. The second-order valence-corrected chi connectivity index (χ2v) is 5.84. The van der Waals surface area contributed by atoms with E-state index in [1.54, 1.807) is 6.20 Å². The van der Waals surface area contributed by atoms with Crippen LogP contribution in [0.15, 0.2) is 73.2 Å². The summed E-state index contributed by atoms with van der Waals surface area (Å²) in [7, 11) is 2.13. The van der Waals surface area contributed by atoms with E-state index in [1.165, 1.54) is 16.7 Å². The van der Waals surface area contributed by atoms with Crippen LogP contribution < -0.4 is 0 Å². The third kappa shape index (κ3) is 3.82. The van der Waals surface area contributed by atoms with E-state index in [1.807, 2.05) is 30.6 Å². The third-order valence-electron chi connectivity index (χ3n) is 3.96. The van der Waals surface area contributed by atoms with Gasteiger partial charge in [-0.05, 0) is 43.3 Å². The predicted octanol–water partition coefficient (Wildman–Crippen LogP) is 4.01. The zero-order valence-corrected chi connectivity index (χ0v) is 13.6. The quantitative estimate of drug-likeness (QED) is 0.713. The molecule has 0 N–H and O–H groups in total. The molecule has 0 saturated carbocycles. The van der Waals surface area contributed by atoms with Crippen molar-refractivity contribution in [1.82, 2.24) is 14.9 Å². The normalized spacial score (nSPS) is 12.3. The number of aryl methyl sites for hydroxylation is 1. The zero-order valence-electron chi connectivity index (χ0n) is 13.6. The first kappa shape index (κ1) is 15.4. The van der Waals surface area contributed by atoms with Crippen LogP contribution in [0.1, 0.15) is 28.4 Å². The van der Waals surface area contributed by atoms with E-state index >= 15 is 0 Å². The Bertz CT molecular complexity index is 724. The third-order valence-corrected chi connectivity index (χ3v) is 3.96. The highest BCUT2D eigenvalue weighted by Crippen LogP contribution is 2.27. The average Bonchev–Trinajstić information content (AvgIpc) is 2.59. The lowest BCUT2D eigenvalue weighted by Gasteiger charge is -2.28. The van der Waals surface area contributed by atoms with Gasteiger partial charge in [0, 0.05) is 25.1 Å². The van der Waals surface area contributed by atoms with Crippen LogP contribution >= 0.6 is 0 Å². The summed E-state index contributed by atoms with van der Waals surface area (Å²) in [6, 6.07) is 19.0. The van der Waals surface area contributed by atoms with Gasteiger partial charge in [-0.2, -0.15) is 0 Å². The molecule has 0 bridgehead atoms. The van der Waals surface area contributed by atoms with Crippen LogP contribution in [0.4, 0.5) is 0 Å². The number of hydrogen-bond acceptors (Lipinski definition) is 3. The van der Waals surface area contributed by atoms with Gasteiger partial charge in [0.1, 0.15) is 0 Å². The highest BCUT2D eigenvalue weighted by molar-refractivity contribution is 5.30. The molecular weight excluding hydrogens is 282 g/mol. The molecular formula is C20H21N3. The summed E-state index contributed by atoms with van der Waals surface area (Å²) >= 11 is 0. The van der Waals surface area contributed by atoms with Crippen LogP contribution in [0.25, 0.3) is 0 Å². The number of rotatable bonds is 5. The highest BCUT2D eigenvalue weighted by Gasteiger charge is 2.20. The molecule has 1 atom stereocenters. The molecule has 0 spiro atoms. The van der Waals surface area contributed by atoms with E-state index in [-0.39, 0.29) is 6.04 Å². The van der Waals surface area contributed by atoms with E-state index in [0.29, 0.717) is 0 Å².